The Kier molecular flexibility index (Phi) is 5.07. The maximum Gasteiger partial charge on any atom is 0.416 e. The topological polar surface area (TPSA) is 26.0 Å². The van der Waals surface area contributed by atoms with Crippen molar-refractivity contribution in [3.63, 3.8) is 0 Å². The van der Waals surface area contributed by atoms with Gasteiger partial charge in [0.2, 0.25) is 0 Å². The summed E-state index contributed by atoms with van der Waals surface area (Å²) in [4.78, 5) is 0. The second kappa shape index (κ2) is 6.03. The van der Waals surface area contributed by atoms with Crippen LogP contribution in [-0.4, -0.2) is 6.04 Å². The molecule has 1 rings (SSSR count). The molecule has 1 aromatic carbocycles. The highest BCUT2D eigenvalue weighted by molar-refractivity contribution is 5.34. The summed E-state index contributed by atoms with van der Waals surface area (Å²) in [5.74, 6) is 0. The average Bonchev–Trinajstić information content (AvgIpc) is 2.26. The molecule has 0 amide bonds. The van der Waals surface area contributed by atoms with E-state index in [1.54, 1.807) is 0 Å². The van der Waals surface area contributed by atoms with E-state index in [2.05, 4.69) is 0 Å². The fourth-order valence-corrected chi connectivity index (χ4v) is 1.91. The Labute approximate surface area is 112 Å². The molecular weight excluding hydrogens is 284 g/mol. The molecule has 0 spiro atoms. The molecule has 0 fully saturated rings. The Hall–Kier alpha value is -1.24. The van der Waals surface area contributed by atoms with Gasteiger partial charge in [-0.15, -0.1) is 0 Å². The van der Waals surface area contributed by atoms with Gasteiger partial charge in [-0.25, -0.2) is 0 Å². The van der Waals surface area contributed by atoms with Gasteiger partial charge in [0.25, 0.3) is 0 Å². The second-order valence-electron chi connectivity index (χ2n) is 4.67. The molecule has 0 aliphatic carbocycles. The molecule has 114 valence electrons. The van der Waals surface area contributed by atoms with Gasteiger partial charge in [-0.2, -0.15) is 26.3 Å². The lowest BCUT2D eigenvalue weighted by molar-refractivity contribution is -0.143. The molecule has 0 aromatic heterocycles. The van der Waals surface area contributed by atoms with E-state index < -0.39 is 29.5 Å². The van der Waals surface area contributed by atoms with Crippen molar-refractivity contribution in [2.24, 2.45) is 5.73 Å². The summed E-state index contributed by atoms with van der Waals surface area (Å²) in [6, 6.07) is 1.12. The number of benzene rings is 1. The van der Waals surface area contributed by atoms with Gasteiger partial charge in [-0.1, -0.05) is 13.3 Å². The van der Waals surface area contributed by atoms with E-state index in [0.29, 0.717) is 12.8 Å². The van der Waals surface area contributed by atoms with Crippen molar-refractivity contribution in [1.29, 1.82) is 0 Å². The first kappa shape index (κ1) is 16.8. The first-order valence-electron chi connectivity index (χ1n) is 6.08. The number of rotatable bonds is 4. The molecule has 1 atom stereocenters. The highest BCUT2D eigenvalue weighted by atomic mass is 19.4. The zero-order valence-corrected chi connectivity index (χ0v) is 10.8. The first-order chi connectivity index (χ1) is 9.04. The van der Waals surface area contributed by atoms with Crippen LogP contribution < -0.4 is 5.73 Å². The summed E-state index contributed by atoms with van der Waals surface area (Å²) in [6.45, 7) is 1.84. The molecule has 0 heterocycles. The monoisotopic (exact) mass is 299 g/mol. The van der Waals surface area contributed by atoms with Crippen molar-refractivity contribution in [3.05, 3.63) is 34.9 Å². The van der Waals surface area contributed by atoms with Crippen LogP contribution in [0.4, 0.5) is 26.3 Å². The van der Waals surface area contributed by atoms with E-state index in [4.69, 9.17) is 5.73 Å². The van der Waals surface area contributed by atoms with Gasteiger partial charge < -0.3 is 5.73 Å². The average molecular weight is 299 g/mol. The zero-order valence-electron chi connectivity index (χ0n) is 10.8. The van der Waals surface area contributed by atoms with Crippen molar-refractivity contribution >= 4 is 0 Å². The molecule has 0 aliphatic heterocycles. The van der Waals surface area contributed by atoms with Crippen LogP contribution in [0.5, 0.6) is 0 Å². The van der Waals surface area contributed by atoms with Crippen molar-refractivity contribution in [2.45, 2.75) is 44.6 Å². The molecule has 0 bridgehead atoms. The van der Waals surface area contributed by atoms with Crippen LogP contribution in [0.1, 0.15) is 36.5 Å². The predicted octanol–water partition coefficient (Wildman–Crippen LogP) is 4.39. The SMILES string of the molecule is CCCC(N)Cc1cc(C(F)(F)F)cc(C(F)(F)F)c1. The van der Waals surface area contributed by atoms with Gasteiger partial charge in [0.1, 0.15) is 0 Å². The molecule has 20 heavy (non-hydrogen) atoms. The molecule has 0 aliphatic rings. The van der Waals surface area contributed by atoms with Crippen LogP contribution >= 0.6 is 0 Å². The van der Waals surface area contributed by atoms with Crippen molar-refractivity contribution < 1.29 is 26.3 Å². The molecular formula is C13H15F6N. The van der Waals surface area contributed by atoms with Crippen LogP contribution in [0.15, 0.2) is 18.2 Å². The van der Waals surface area contributed by atoms with Gasteiger partial charge >= 0.3 is 12.4 Å². The Bertz CT molecular complexity index is 417. The second-order valence-corrected chi connectivity index (χ2v) is 4.67. The van der Waals surface area contributed by atoms with E-state index in [1.165, 1.54) is 0 Å². The Balaban J connectivity index is 3.17. The van der Waals surface area contributed by atoms with E-state index in [9.17, 15) is 26.3 Å². The lowest BCUT2D eigenvalue weighted by Gasteiger charge is -2.16. The summed E-state index contributed by atoms with van der Waals surface area (Å²) >= 11 is 0. The molecule has 1 nitrogen and oxygen atoms in total. The highest BCUT2D eigenvalue weighted by Gasteiger charge is 2.36. The zero-order chi connectivity index (χ0) is 15.6. The van der Waals surface area contributed by atoms with Crippen LogP contribution in [-0.2, 0) is 18.8 Å². The van der Waals surface area contributed by atoms with Gasteiger partial charge in [0.15, 0.2) is 0 Å². The summed E-state index contributed by atoms with van der Waals surface area (Å²) in [6.07, 6.45) is -8.39. The minimum atomic E-state index is -4.81. The number of nitrogens with two attached hydrogens (primary N) is 1. The van der Waals surface area contributed by atoms with E-state index >= 15 is 0 Å². The third kappa shape index (κ3) is 4.70. The Morgan fingerprint density at radius 2 is 1.40 bits per heavy atom. The van der Waals surface area contributed by atoms with Crippen molar-refractivity contribution in [3.8, 4) is 0 Å². The normalized spacial score (nSPS) is 14.4. The number of hydrogen-bond acceptors (Lipinski definition) is 1. The standard InChI is InChI=1S/C13H15F6N/c1-2-3-11(20)6-8-4-9(12(14,15)16)7-10(5-8)13(17,18)19/h4-5,7,11H,2-3,6,20H2,1H3. The fourth-order valence-electron chi connectivity index (χ4n) is 1.91. The van der Waals surface area contributed by atoms with Crippen molar-refractivity contribution in [1.82, 2.24) is 0 Å². The van der Waals surface area contributed by atoms with Crippen LogP contribution in [0.3, 0.4) is 0 Å². The fraction of sp³-hybridized carbons (Fsp3) is 0.538. The van der Waals surface area contributed by atoms with Gasteiger partial charge in [-0.05, 0) is 36.6 Å². The lowest BCUT2D eigenvalue weighted by Crippen LogP contribution is -2.23. The summed E-state index contributed by atoms with van der Waals surface area (Å²) in [7, 11) is 0. The minimum absolute atomic E-state index is 0.0131. The summed E-state index contributed by atoms with van der Waals surface area (Å²) in [5.41, 5.74) is 3.02. The van der Waals surface area contributed by atoms with E-state index in [0.717, 1.165) is 12.1 Å². The van der Waals surface area contributed by atoms with E-state index in [1.807, 2.05) is 6.92 Å². The summed E-state index contributed by atoms with van der Waals surface area (Å²) < 4.78 is 75.7. The molecule has 0 radical (unpaired) electrons. The number of alkyl halides is 6. The smallest absolute Gasteiger partial charge is 0.327 e. The molecule has 0 saturated heterocycles. The summed E-state index contributed by atoms with van der Waals surface area (Å²) in [5, 5.41) is 0. The Morgan fingerprint density at radius 1 is 0.950 bits per heavy atom. The van der Waals surface area contributed by atoms with Crippen LogP contribution in [0.25, 0.3) is 0 Å². The first-order valence-corrected chi connectivity index (χ1v) is 6.08. The molecule has 7 heteroatoms. The molecule has 1 aromatic rings. The highest BCUT2D eigenvalue weighted by Crippen LogP contribution is 2.36. The third-order valence-electron chi connectivity index (χ3n) is 2.80. The molecule has 1 unspecified atom stereocenters. The number of halogens is 6. The van der Waals surface area contributed by atoms with E-state index in [-0.39, 0.29) is 18.1 Å². The quantitative estimate of drug-likeness (QED) is 0.820. The maximum absolute atomic E-state index is 12.6. The predicted molar refractivity (Wildman–Crippen MR) is 63.0 cm³/mol. The Morgan fingerprint density at radius 3 is 1.75 bits per heavy atom. The number of hydrogen-bond donors (Lipinski definition) is 1. The lowest BCUT2D eigenvalue weighted by atomic mass is 9.98. The largest absolute Gasteiger partial charge is 0.416 e. The van der Waals surface area contributed by atoms with Gasteiger partial charge in [-0.3, -0.25) is 0 Å². The van der Waals surface area contributed by atoms with Crippen molar-refractivity contribution in [2.75, 3.05) is 0 Å². The van der Waals surface area contributed by atoms with Crippen LogP contribution in [0, 0.1) is 0 Å². The maximum atomic E-state index is 12.6. The van der Waals surface area contributed by atoms with Crippen LogP contribution in [0.2, 0.25) is 0 Å². The molecule has 2 N–H and O–H groups in total. The van der Waals surface area contributed by atoms with Gasteiger partial charge in [0.05, 0.1) is 11.1 Å². The minimum Gasteiger partial charge on any atom is -0.327 e. The third-order valence-corrected chi connectivity index (χ3v) is 2.80. The van der Waals surface area contributed by atoms with Gasteiger partial charge in [0, 0.05) is 6.04 Å². The molecule has 0 saturated carbocycles.